The number of thiazole rings is 1. The zero-order valence-corrected chi connectivity index (χ0v) is 16.4. The van der Waals surface area contributed by atoms with E-state index in [0.29, 0.717) is 16.4 Å². The van der Waals surface area contributed by atoms with Crippen LogP contribution in [0.15, 0.2) is 53.9 Å². The minimum atomic E-state index is -0.550. The fourth-order valence-electron chi connectivity index (χ4n) is 2.13. The van der Waals surface area contributed by atoms with Crippen LogP contribution in [0.3, 0.4) is 0 Å². The van der Waals surface area contributed by atoms with Gasteiger partial charge in [-0.1, -0.05) is 18.2 Å². The molecule has 0 radical (unpaired) electrons. The third-order valence-electron chi connectivity index (χ3n) is 3.38. The molecule has 0 saturated carbocycles. The Bertz CT molecular complexity index is 941. The molecule has 0 bridgehead atoms. The van der Waals surface area contributed by atoms with Gasteiger partial charge in [0.15, 0.2) is 11.7 Å². The number of hydrogen-bond acceptors (Lipinski definition) is 5. The molecular formula is C18H14IN3O3S. The molecule has 132 valence electrons. The summed E-state index contributed by atoms with van der Waals surface area (Å²) >= 11 is 3.59. The molecule has 0 spiro atoms. The van der Waals surface area contributed by atoms with Crippen LogP contribution in [0.25, 0.3) is 11.3 Å². The van der Waals surface area contributed by atoms with E-state index in [0.717, 1.165) is 14.8 Å². The molecule has 0 aliphatic rings. The van der Waals surface area contributed by atoms with Gasteiger partial charge in [0.05, 0.1) is 5.69 Å². The third-order valence-corrected chi connectivity index (χ3v) is 4.86. The molecule has 0 unspecified atom stereocenters. The number of ether oxygens (including phenoxy) is 1. The van der Waals surface area contributed by atoms with Crippen molar-refractivity contribution in [1.82, 2.24) is 4.98 Å². The average molecular weight is 479 g/mol. The summed E-state index contributed by atoms with van der Waals surface area (Å²) in [7, 11) is 0. The van der Waals surface area contributed by atoms with Gasteiger partial charge >= 0.3 is 0 Å². The molecule has 8 heteroatoms. The standard InChI is InChI=1S/C18H14IN3O3S/c19-13-6-4-11(5-7-13)15-10-26-18(21-15)22-16(23)9-25-14-3-1-2-12(8-14)17(20)24/h1-8,10H,9H2,(H2,20,24)(H,21,22,23). The number of nitrogens with zero attached hydrogens (tertiary/aromatic N) is 1. The first-order valence-electron chi connectivity index (χ1n) is 7.55. The fourth-order valence-corrected chi connectivity index (χ4v) is 3.22. The van der Waals surface area contributed by atoms with E-state index in [1.807, 2.05) is 29.6 Å². The average Bonchev–Trinajstić information content (AvgIpc) is 3.09. The Morgan fingerprint density at radius 2 is 1.96 bits per heavy atom. The molecule has 6 nitrogen and oxygen atoms in total. The summed E-state index contributed by atoms with van der Waals surface area (Å²) in [4.78, 5) is 27.6. The minimum Gasteiger partial charge on any atom is -0.484 e. The molecule has 3 aromatic rings. The number of halogens is 1. The molecule has 0 atom stereocenters. The lowest BCUT2D eigenvalue weighted by atomic mass is 10.2. The van der Waals surface area contributed by atoms with Crippen LogP contribution in [0.5, 0.6) is 5.75 Å². The van der Waals surface area contributed by atoms with E-state index >= 15 is 0 Å². The number of primary amides is 1. The first kappa shape index (κ1) is 18.3. The number of anilines is 1. The van der Waals surface area contributed by atoms with Gasteiger partial charge in [0, 0.05) is 20.1 Å². The van der Waals surface area contributed by atoms with Crippen LogP contribution >= 0.6 is 33.9 Å². The second-order valence-electron chi connectivity index (χ2n) is 5.27. The van der Waals surface area contributed by atoms with Crippen LogP contribution in [-0.4, -0.2) is 23.4 Å². The first-order valence-corrected chi connectivity index (χ1v) is 9.51. The molecule has 0 saturated heterocycles. The zero-order chi connectivity index (χ0) is 18.5. The highest BCUT2D eigenvalue weighted by atomic mass is 127. The molecular weight excluding hydrogens is 465 g/mol. The van der Waals surface area contributed by atoms with Crippen molar-refractivity contribution in [3.05, 3.63) is 63.0 Å². The van der Waals surface area contributed by atoms with Crippen molar-refractivity contribution in [2.75, 3.05) is 11.9 Å². The third kappa shape index (κ3) is 4.79. The lowest BCUT2D eigenvalue weighted by Gasteiger charge is -2.06. The second-order valence-corrected chi connectivity index (χ2v) is 7.38. The maximum absolute atomic E-state index is 12.0. The van der Waals surface area contributed by atoms with Crippen molar-refractivity contribution in [2.24, 2.45) is 5.73 Å². The van der Waals surface area contributed by atoms with Crippen molar-refractivity contribution in [3.8, 4) is 17.0 Å². The SMILES string of the molecule is NC(=O)c1cccc(OCC(=O)Nc2nc(-c3ccc(I)cc3)cs2)c1. The van der Waals surface area contributed by atoms with Crippen molar-refractivity contribution < 1.29 is 14.3 Å². The highest BCUT2D eigenvalue weighted by Crippen LogP contribution is 2.25. The Morgan fingerprint density at radius 3 is 2.69 bits per heavy atom. The predicted molar refractivity (Wildman–Crippen MR) is 109 cm³/mol. The predicted octanol–water partition coefficient (Wildman–Crippen LogP) is 3.53. The van der Waals surface area contributed by atoms with E-state index < -0.39 is 5.91 Å². The van der Waals surface area contributed by atoms with E-state index in [1.54, 1.807) is 18.2 Å². The number of rotatable bonds is 6. The molecule has 3 rings (SSSR count). The lowest BCUT2D eigenvalue weighted by Crippen LogP contribution is -2.20. The Morgan fingerprint density at radius 1 is 1.19 bits per heavy atom. The van der Waals surface area contributed by atoms with Gasteiger partial charge in [0.25, 0.3) is 5.91 Å². The zero-order valence-electron chi connectivity index (χ0n) is 13.4. The molecule has 1 heterocycles. The number of hydrogen-bond donors (Lipinski definition) is 2. The fraction of sp³-hybridized carbons (Fsp3) is 0.0556. The van der Waals surface area contributed by atoms with E-state index in [9.17, 15) is 9.59 Å². The summed E-state index contributed by atoms with van der Waals surface area (Å²) < 4.78 is 6.54. The molecule has 1 aromatic heterocycles. The van der Waals surface area contributed by atoms with Gasteiger partial charge in [-0.2, -0.15) is 0 Å². The van der Waals surface area contributed by atoms with Gasteiger partial charge in [-0.05, 0) is 52.9 Å². The van der Waals surface area contributed by atoms with Gasteiger partial charge < -0.3 is 10.5 Å². The highest BCUT2D eigenvalue weighted by Gasteiger charge is 2.09. The monoisotopic (exact) mass is 479 g/mol. The molecule has 2 aromatic carbocycles. The van der Waals surface area contributed by atoms with E-state index in [1.165, 1.54) is 17.4 Å². The first-order chi connectivity index (χ1) is 12.5. The van der Waals surface area contributed by atoms with Gasteiger partial charge in [0.2, 0.25) is 5.91 Å². The van der Waals surface area contributed by atoms with Crippen molar-refractivity contribution in [1.29, 1.82) is 0 Å². The summed E-state index contributed by atoms with van der Waals surface area (Å²) in [5, 5.41) is 5.08. The normalized spacial score (nSPS) is 10.3. The molecule has 2 amide bonds. The summed E-state index contributed by atoms with van der Waals surface area (Å²) in [5.74, 6) is -0.487. The second kappa shape index (κ2) is 8.28. The Labute approximate surface area is 167 Å². The molecule has 26 heavy (non-hydrogen) atoms. The Hall–Kier alpha value is -2.46. The number of nitrogens with two attached hydrogens (primary N) is 1. The summed E-state index contributed by atoms with van der Waals surface area (Å²) in [6.45, 7) is -0.194. The van der Waals surface area contributed by atoms with Gasteiger partial charge in [-0.3, -0.25) is 14.9 Å². The van der Waals surface area contributed by atoms with Gasteiger partial charge in [0.1, 0.15) is 5.75 Å². The number of carbonyl (C=O) groups is 2. The summed E-state index contributed by atoms with van der Waals surface area (Å²) in [6.07, 6.45) is 0. The highest BCUT2D eigenvalue weighted by molar-refractivity contribution is 14.1. The Balaban J connectivity index is 1.58. The van der Waals surface area contributed by atoms with Crippen LogP contribution in [0.1, 0.15) is 10.4 Å². The maximum atomic E-state index is 12.0. The topological polar surface area (TPSA) is 94.3 Å². The molecule has 0 aliphatic carbocycles. The Kier molecular flexibility index (Phi) is 5.84. The van der Waals surface area contributed by atoms with Crippen molar-refractivity contribution in [3.63, 3.8) is 0 Å². The van der Waals surface area contributed by atoms with E-state index in [2.05, 4.69) is 32.9 Å². The number of aromatic nitrogens is 1. The van der Waals surface area contributed by atoms with Crippen molar-refractivity contribution >= 4 is 50.9 Å². The van der Waals surface area contributed by atoms with Gasteiger partial charge in [-0.15, -0.1) is 11.3 Å². The number of carbonyl (C=O) groups excluding carboxylic acids is 2. The molecule has 0 aliphatic heterocycles. The largest absolute Gasteiger partial charge is 0.484 e. The molecule has 3 N–H and O–H groups in total. The summed E-state index contributed by atoms with van der Waals surface area (Å²) in [5.41, 5.74) is 7.33. The van der Waals surface area contributed by atoms with Crippen LogP contribution in [0, 0.1) is 3.57 Å². The van der Waals surface area contributed by atoms with Gasteiger partial charge in [-0.25, -0.2) is 4.98 Å². The molecule has 0 fully saturated rings. The van der Waals surface area contributed by atoms with Crippen LogP contribution in [0.2, 0.25) is 0 Å². The van der Waals surface area contributed by atoms with E-state index in [-0.39, 0.29) is 12.5 Å². The van der Waals surface area contributed by atoms with Crippen LogP contribution < -0.4 is 15.8 Å². The lowest BCUT2D eigenvalue weighted by molar-refractivity contribution is -0.118. The number of benzene rings is 2. The van der Waals surface area contributed by atoms with E-state index in [4.69, 9.17) is 10.5 Å². The smallest absolute Gasteiger partial charge is 0.264 e. The van der Waals surface area contributed by atoms with Crippen LogP contribution in [0.4, 0.5) is 5.13 Å². The minimum absolute atomic E-state index is 0.194. The van der Waals surface area contributed by atoms with Crippen molar-refractivity contribution in [2.45, 2.75) is 0 Å². The summed E-state index contributed by atoms with van der Waals surface area (Å²) in [6, 6.07) is 14.3. The maximum Gasteiger partial charge on any atom is 0.264 e. The number of amides is 2. The van der Waals surface area contributed by atoms with Crippen LogP contribution in [-0.2, 0) is 4.79 Å². The number of nitrogens with one attached hydrogen (secondary N) is 1. The quantitative estimate of drug-likeness (QED) is 0.529.